The van der Waals surface area contributed by atoms with E-state index in [2.05, 4.69) is 27.5 Å². The summed E-state index contributed by atoms with van der Waals surface area (Å²) < 4.78 is 0. The molecule has 0 atom stereocenters. The number of anilines is 2. The summed E-state index contributed by atoms with van der Waals surface area (Å²) >= 11 is 0. The number of carbonyl (C=O) groups excluding carboxylic acids is 1. The number of hydrogen-bond donors (Lipinski definition) is 2. The summed E-state index contributed by atoms with van der Waals surface area (Å²) in [6, 6.07) is 0. The molecule has 1 aromatic heterocycles. The Hall–Kier alpha value is -1.85. The number of amides is 1. The lowest BCUT2D eigenvalue weighted by Gasteiger charge is -2.15. The van der Waals surface area contributed by atoms with Gasteiger partial charge in [0.2, 0.25) is 5.91 Å². The summed E-state index contributed by atoms with van der Waals surface area (Å²) in [7, 11) is 1.77. The molecule has 2 N–H and O–H groups in total. The minimum Gasteiger partial charge on any atom is -0.369 e. The van der Waals surface area contributed by atoms with Crippen molar-refractivity contribution in [3.05, 3.63) is 12.4 Å². The number of likely N-dealkylation sites (N-methyl/N-ethyl adjacent to an activating group) is 1. The van der Waals surface area contributed by atoms with E-state index in [0.717, 1.165) is 18.8 Å². The van der Waals surface area contributed by atoms with E-state index >= 15 is 0 Å². The molecule has 0 radical (unpaired) electrons. The normalized spacial score (nSPS) is 9.94. The van der Waals surface area contributed by atoms with E-state index in [4.69, 9.17) is 0 Å². The van der Waals surface area contributed by atoms with Crippen LogP contribution in [0.5, 0.6) is 0 Å². The maximum Gasteiger partial charge on any atom is 0.241 e. The molecule has 0 aliphatic carbocycles. The molecular formula is C12H21N5O. The molecule has 0 bridgehead atoms. The Labute approximate surface area is 108 Å². The molecule has 0 spiro atoms. The Morgan fingerprint density at radius 2 is 1.94 bits per heavy atom. The van der Waals surface area contributed by atoms with Gasteiger partial charge < -0.3 is 15.5 Å². The van der Waals surface area contributed by atoms with Gasteiger partial charge in [0, 0.05) is 20.1 Å². The molecule has 100 valence electrons. The third kappa shape index (κ3) is 4.57. The van der Waals surface area contributed by atoms with Gasteiger partial charge in [-0.25, -0.2) is 4.98 Å². The van der Waals surface area contributed by atoms with Crippen LogP contribution in [-0.4, -0.2) is 47.5 Å². The lowest BCUT2D eigenvalue weighted by Crippen LogP contribution is -2.32. The zero-order valence-corrected chi connectivity index (χ0v) is 11.2. The fourth-order valence-electron chi connectivity index (χ4n) is 1.27. The fourth-order valence-corrected chi connectivity index (χ4v) is 1.27. The molecule has 1 aromatic rings. The highest BCUT2D eigenvalue weighted by Gasteiger charge is 2.06. The lowest BCUT2D eigenvalue weighted by molar-refractivity contribution is -0.127. The molecule has 6 heteroatoms. The molecule has 18 heavy (non-hydrogen) atoms. The van der Waals surface area contributed by atoms with Crippen LogP contribution >= 0.6 is 0 Å². The monoisotopic (exact) mass is 251 g/mol. The van der Waals surface area contributed by atoms with Gasteiger partial charge in [-0.05, 0) is 13.3 Å². The molecule has 0 aliphatic heterocycles. The van der Waals surface area contributed by atoms with Gasteiger partial charge in [-0.2, -0.15) is 0 Å². The van der Waals surface area contributed by atoms with Gasteiger partial charge in [0.1, 0.15) is 11.6 Å². The number of hydrogen-bond acceptors (Lipinski definition) is 5. The summed E-state index contributed by atoms with van der Waals surface area (Å²) in [6.45, 7) is 5.81. The average molecular weight is 251 g/mol. The van der Waals surface area contributed by atoms with Crippen LogP contribution in [0.25, 0.3) is 0 Å². The average Bonchev–Trinajstić information content (AvgIpc) is 2.42. The number of rotatable bonds is 7. The maximum absolute atomic E-state index is 11.6. The van der Waals surface area contributed by atoms with Crippen LogP contribution < -0.4 is 10.6 Å². The molecule has 0 saturated heterocycles. The first-order valence-corrected chi connectivity index (χ1v) is 6.21. The van der Waals surface area contributed by atoms with Crippen LogP contribution in [0.2, 0.25) is 0 Å². The topological polar surface area (TPSA) is 70.2 Å². The van der Waals surface area contributed by atoms with Crippen molar-refractivity contribution in [1.29, 1.82) is 0 Å². The SMILES string of the molecule is CCCNc1cncc(NCC(=O)N(C)CC)n1. The van der Waals surface area contributed by atoms with Gasteiger partial charge >= 0.3 is 0 Å². The summed E-state index contributed by atoms with van der Waals surface area (Å²) in [5.41, 5.74) is 0. The number of nitrogens with zero attached hydrogens (tertiary/aromatic N) is 3. The number of aromatic nitrogens is 2. The van der Waals surface area contributed by atoms with Crippen molar-refractivity contribution in [2.24, 2.45) is 0 Å². The van der Waals surface area contributed by atoms with Crippen LogP contribution in [0, 0.1) is 0 Å². The second kappa shape index (κ2) is 7.47. The van der Waals surface area contributed by atoms with Crippen molar-refractivity contribution >= 4 is 17.5 Å². The number of carbonyl (C=O) groups is 1. The van der Waals surface area contributed by atoms with Gasteiger partial charge in [0.15, 0.2) is 0 Å². The maximum atomic E-state index is 11.6. The zero-order chi connectivity index (χ0) is 13.4. The Balaban J connectivity index is 2.49. The molecule has 0 aromatic carbocycles. The van der Waals surface area contributed by atoms with E-state index in [1.807, 2.05) is 6.92 Å². The minimum atomic E-state index is 0.0335. The first-order chi connectivity index (χ1) is 8.67. The highest BCUT2D eigenvalue weighted by Crippen LogP contribution is 2.06. The Morgan fingerprint density at radius 3 is 2.56 bits per heavy atom. The van der Waals surface area contributed by atoms with Crippen molar-refractivity contribution in [3.63, 3.8) is 0 Å². The van der Waals surface area contributed by atoms with Crippen LogP contribution in [0.4, 0.5) is 11.6 Å². The Morgan fingerprint density at radius 1 is 1.28 bits per heavy atom. The van der Waals surface area contributed by atoms with Gasteiger partial charge in [0.05, 0.1) is 18.9 Å². The minimum absolute atomic E-state index is 0.0335. The molecule has 1 rings (SSSR count). The van der Waals surface area contributed by atoms with Gasteiger partial charge in [-0.15, -0.1) is 0 Å². The first-order valence-electron chi connectivity index (χ1n) is 6.21. The van der Waals surface area contributed by atoms with Crippen molar-refractivity contribution in [2.75, 3.05) is 37.3 Å². The van der Waals surface area contributed by atoms with Crippen LogP contribution in [0.1, 0.15) is 20.3 Å². The number of nitrogens with one attached hydrogen (secondary N) is 2. The van der Waals surface area contributed by atoms with Crippen molar-refractivity contribution in [3.8, 4) is 0 Å². The van der Waals surface area contributed by atoms with Crippen molar-refractivity contribution in [1.82, 2.24) is 14.9 Å². The van der Waals surface area contributed by atoms with Crippen LogP contribution in [0.3, 0.4) is 0 Å². The largest absolute Gasteiger partial charge is 0.369 e. The summed E-state index contributed by atoms with van der Waals surface area (Å²) in [5, 5.41) is 6.12. The Kier molecular flexibility index (Phi) is 5.90. The van der Waals surface area contributed by atoms with E-state index in [1.54, 1.807) is 24.3 Å². The van der Waals surface area contributed by atoms with E-state index in [9.17, 15) is 4.79 Å². The predicted octanol–water partition coefficient (Wildman–Crippen LogP) is 1.19. The van der Waals surface area contributed by atoms with Crippen molar-refractivity contribution < 1.29 is 4.79 Å². The summed E-state index contributed by atoms with van der Waals surface area (Å²) in [6.07, 6.45) is 4.30. The summed E-state index contributed by atoms with van der Waals surface area (Å²) in [4.78, 5) is 21.6. The van der Waals surface area contributed by atoms with Crippen LogP contribution in [-0.2, 0) is 4.79 Å². The quantitative estimate of drug-likeness (QED) is 0.761. The molecule has 0 unspecified atom stereocenters. The predicted molar refractivity (Wildman–Crippen MR) is 72.6 cm³/mol. The first kappa shape index (κ1) is 14.2. The van der Waals surface area contributed by atoms with Gasteiger partial charge in [0.25, 0.3) is 0 Å². The second-order valence-electron chi connectivity index (χ2n) is 3.98. The Bertz CT molecular complexity index is 382. The molecule has 1 amide bonds. The van der Waals surface area contributed by atoms with E-state index in [1.165, 1.54) is 0 Å². The standard InChI is InChI=1S/C12H21N5O/c1-4-6-14-10-7-13-8-11(16-10)15-9-12(18)17(3)5-2/h7-8H,4-6,9H2,1-3H3,(H2,14,15,16). The van der Waals surface area contributed by atoms with Crippen LogP contribution in [0.15, 0.2) is 12.4 Å². The molecule has 0 fully saturated rings. The second-order valence-corrected chi connectivity index (χ2v) is 3.98. The van der Waals surface area contributed by atoms with Gasteiger partial charge in [-0.1, -0.05) is 6.92 Å². The molecule has 0 aliphatic rings. The highest BCUT2D eigenvalue weighted by molar-refractivity contribution is 5.80. The van der Waals surface area contributed by atoms with Gasteiger partial charge in [-0.3, -0.25) is 9.78 Å². The molecule has 1 heterocycles. The van der Waals surface area contributed by atoms with E-state index in [-0.39, 0.29) is 12.5 Å². The molecule has 6 nitrogen and oxygen atoms in total. The third-order valence-corrected chi connectivity index (χ3v) is 2.51. The lowest BCUT2D eigenvalue weighted by atomic mass is 10.4. The van der Waals surface area contributed by atoms with Crippen molar-refractivity contribution in [2.45, 2.75) is 20.3 Å². The molecule has 0 saturated carbocycles. The third-order valence-electron chi connectivity index (χ3n) is 2.51. The zero-order valence-electron chi connectivity index (χ0n) is 11.2. The highest BCUT2D eigenvalue weighted by atomic mass is 16.2. The fraction of sp³-hybridized carbons (Fsp3) is 0.583. The van der Waals surface area contributed by atoms with E-state index < -0.39 is 0 Å². The summed E-state index contributed by atoms with van der Waals surface area (Å²) in [5.74, 6) is 1.36. The van der Waals surface area contributed by atoms with E-state index in [0.29, 0.717) is 12.4 Å². The molecular weight excluding hydrogens is 230 g/mol. The smallest absolute Gasteiger partial charge is 0.241 e.